The Labute approximate surface area is 137 Å². The maximum Gasteiger partial charge on any atom is 0.357 e. The van der Waals surface area contributed by atoms with Gasteiger partial charge in [0.25, 0.3) is 5.91 Å². The molecule has 2 aromatic heterocycles. The molecular formula is C16H15N5O3. The highest BCUT2D eigenvalue weighted by atomic mass is 16.4. The zero-order chi connectivity index (χ0) is 17.1. The molecule has 2 N–H and O–H groups in total. The van der Waals surface area contributed by atoms with Gasteiger partial charge in [0.2, 0.25) is 0 Å². The fourth-order valence-corrected chi connectivity index (χ4v) is 2.30. The van der Waals surface area contributed by atoms with Crippen LogP contribution in [0.3, 0.4) is 0 Å². The van der Waals surface area contributed by atoms with E-state index in [2.05, 4.69) is 15.5 Å². The van der Waals surface area contributed by atoms with Crippen molar-refractivity contribution in [3.8, 4) is 0 Å². The summed E-state index contributed by atoms with van der Waals surface area (Å²) < 4.78 is 2.98. The highest BCUT2D eigenvalue weighted by Gasteiger charge is 2.21. The van der Waals surface area contributed by atoms with Crippen LogP contribution in [0.15, 0.2) is 48.9 Å². The Morgan fingerprint density at radius 1 is 1.21 bits per heavy atom. The van der Waals surface area contributed by atoms with Crippen molar-refractivity contribution in [2.75, 3.05) is 5.32 Å². The van der Waals surface area contributed by atoms with Crippen molar-refractivity contribution in [1.82, 2.24) is 19.6 Å². The minimum Gasteiger partial charge on any atom is -0.476 e. The van der Waals surface area contributed by atoms with Crippen LogP contribution < -0.4 is 5.32 Å². The summed E-state index contributed by atoms with van der Waals surface area (Å²) in [7, 11) is 1.56. The summed E-state index contributed by atoms with van der Waals surface area (Å²) in [6.07, 6.45) is 4.56. The fourth-order valence-electron chi connectivity index (χ4n) is 2.30. The van der Waals surface area contributed by atoms with E-state index >= 15 is 0 Å². The molecule has 8 nitrogen and oxygen atoms in total. The second-order valence-corrected chi connectivity index (χ2v) is 5.24. The van der Waals surface area contributed by atoms with Gasteiger partial charge in [0.05, 0.1) is 24.0 Å². The average molecular weight is 325 g/mol. The monoisotopic (exact) mass is 325 g/mol. The Hall–Kier alpha value is -3.42. The van der Waals surface area contributed by atoms with Gasteiger partial charge in [-0.05, 0) is 5.56 Å². The van der Waals surface area contributed by atoms with Gasteiger partial charge in [-0.1, -0.05) is 30.3 Å². The second-order valence-electron chi connectivity index (χ2n) is 5.24. The van der Waals surface area contributed by atoms with Crippen LogP contribution in [-0.2, 0) is 13.6 Å². The predicted molar refractivity (Wildman–Crippen MR) is 85.9 cm³/mol. The van der Waals surface area contributed by atoms with Crippen molar-refractivity contribution >= 4 is 17.6 Å². The molecule has 2 heterocycles. The highest BCUT2D eigenvalue weighted by Crippen LogP contribution is 2.12. The number of anilines is 1. The number of hydrogen-bond donors (Lipinski definition) is 2. The lowest BCUT2D eigenvalue weighted by molar-refractivity contribution is 0.0685. The van der Waals surface area contributed by atoms with Crippen molar-refractivity contribution in [3.63, 3.8) is 0 Å². The van der Waals surface area contributed by atoms with Crippen LogP contribution in [0.2, 0.25) is 0 Å². The Kier molecular flexibility index (Phi) is 4.11. The Morgan fingerprint density at radius 3 is 2.67 bits per heavy atom. The van der Waals surface area contributed by atoms with Crippen LogP contribution in [0.4, 0.5) is 5.69 Å². The molecule has 1 aromatic carbocycles. The van der Waals surface area contributed by atoms with E-state index in [1.54, 1.807) is 17.9 Å². The zero-order valence-electron chi connectivity index (χ0n) is 12.9. The lowest BCUT2D eigenvalue weighted by atomic mass is 10.2. The quantitative estimate of drug-likeness (QED) is 0.742. The number of carbonyl (C=O) groups excluding carboxylic acids is 1. The first kappa shape index (κ1) is 15.5. The molecule has 1 amide bonds. The molecule has 0 saturated carbocycles. The van der Waals surface area contributed by atoms with Crippen molar-refractivity contribution in [1.29, 1.82) is 0 Å². The SMILES string of the molecule is Cn1cc(C(=O)Nc2cnn(Cc3ccccc3)c2)c(C(=O)O)n1. The van der Waals surface area contributed by atoms with Crippen LogP contribution in [-0.4, -0.2) is 36.5 Å². The van der Waals surface area contributed by atoms with E-state index in [1.807, 2.05) is 30.3 Å². The van der Waals surface area contributed by atoms with Gasteiger partial charge in [-0.25, -0.2) is 4.79 Å². The zero-order valence-corrected chi connectivity index (χ0v) is 12.9. The number of benzene rings is 1. The topological polar surface area (TPSA) is 102 Å². The predicted octanol–water partition coefficient (Wildman–Crippen LogP) is 1.62. The number of carboxylic acids is 1. The summed E-state index contributed by atoms with van der Waals surface area (Å²) in [6, 6.07) is 9.78. The smallest absolute Gasteiger partial charge is 0.357 e. The van der Waals surface area contributed by atoms with E-state index in [4.69, 9.17) is 5.11 Å². The molecule has 0 aliphatic carbocycles. The number of carbonyl (C=O) groups is 2. The molecule has 0 aliphatic rings. The van der Waals surface area contributed by atoms with Crippen LogP contribution in [0.5, 0.6) is 0 Å². The molecule has 0 unspecified atom stereocenters. The Morgan fingerprint density at radius 2 is 1.96 bits per heavy atom. The third-order valence-electron chi connectivity index (χ3n) is 3.35. The van der Waals surface area contributed by atoms with Crippen LogP contribution in [0, 0.1) is 0 Å². The summed E-state index contributed by atoms with van der Waals surface area (Å²) in [5, 5.41) is 19.7. The van der Waals surface area contributed by atoms with E-state index in [0.29, 0.717) is 12.2 Å². The largest absolute Gasteiger partial charge is 0.476 e. The number of nitrogens with one attached hydrogen (secondary N) is 1. The van der Waals surface area contributed by atoms with E-state index in [0.717, 1.165) is 5.56 Å². The summed E-state index contributed by atoms with van der Waals surface area (Å²) in [6.45, 7) is 0.573. The number of aryl methyl sites for hydroxylation is 1. The molecule has 3 rings (SSSR count). The fraction of sp³-hybridized carbons (Fsp3) is 0.125. The van der Waals surface area contributed by atoms with Gasteiger partial charge in [-0.3, -0.25) is 14.2 Å². The van der Waals surface area contributed by atoms with Gasteiger partial charge >= 0.3 is 5.97 Å². The molecule has 0 aliphatic heterocycles. The first-order valence-electron chi connectivity index (χ1n) is 7.17. The third kappa shape index (κ3) is 3.32. The minimum absolute atomic E-state index is 0.000749. The molecule has 24 heavy (non-hydrogen) atoms. The molecule has 0 saturated heterocycles. The highest BCUT2D eigenvalue weighted by molar-refractivity contribution is 6.09. The Bertz CT molecular complexity index is 882. The van der Waals surface area contributed by atoms with Crippen molar-refractivity contribution in [3.05, 3.63) is 65.7 Å². The lowest BCUT2D eigenvalue weighted by Gasteiger charge is -2.02. The van der Waals surface area contributed by atoms with E-state index < -0.39 is 11.9 Å². The van der Waals surface area contributed by atoms with Crippen molar-refractivity contribution in [2.24, 2.45) is 7.05 Å². The molecule has 0 radical (unpaired) electrons. The number of aromatic carboxylic acids is 1. The first-order chi connectivity index (χ1) is 11.5. The Balaban J connectivity index is 1.73. The average Bonchev–Trinajstić information content (AvgIpc) is 3.15. The number of hydrogen-bond acceptors (Lipinski definition) is 4. The molecule has 0 bridgehead atoms. The number of rotatable bonds is 5. The summed E-state index contributed by atoms with van der Waals surface area (Å²) >= 11 is 0. The van der Waals surface area contributed by atoms with Crippen LogP contribution in [0.25, 0.3) is 0 Å². The second kappa shape index (κ2) is 6.37. The molecule has 0 fully saturated rings. The maximum absolute atomic E-state index is 12.3. The lowest BCUT2D eigenvalue weighted by Crippen LogP contribution is -2.15. The number of carboxylic acid groups (broad SMARTS) is 1. The van der Waals surface area contributed by atoms with E-state index in [1.165, 1.54) is 17.1 Å². The summed E-state index contributed by atoms with van der Waals surface area (Å²) in [4.78, 5) is 23.4. The third-order valence-corrected chi connectivity index (χ3v) is 3.35. The molecule has 3 aromatic rings. The summed E-state index contributed by atoms with van der Waals surface area (Å²) in [5.41, 5.74) is 1.28. The molecule has 8 heteroatoms. The van der Waals surface area contributed by atoms with Gasteiger partial charge in [0.15, 0.2) is 5.69 Å². The summed E-state index contributed by atoms with van der Waals surface area (Å²) in [5.74, 6) is -1.79. The first-order valence-corrected chi connectivity index (χ1v) is 7.17. The van der Waals surface area contributed by atoms with Crippen molar-refractivity contribution < 1.29 is 14.7 Å². The number of nitrogens with zero attached hydrogens (tertiary/aromatic N) is 4. The standard InChI is InChI=1S/C16H15N5O3/c1-20-10-13(14(19-20)16(23)24)15(22)18-12-7-17-21(9-12)8-11-5-3-2-4-6-11/h2-7,9-10H,8H2,1H3,(H,18,22)(H,23,24). The van der Waals surface area contributed by atoms with Gasteiger partial charge in [-0.15, -0.1) is 0 Å². The number of aromatic nitrogens is 4. The van der Waals surface area contributed by atoms with Gasteiger partial charge in [0, 0.05) is 19.4 Å². The molecule has 0 spiro atoms. The van der Waals surface area contributed by atoms with Crippen LogP contribution >= 0.6 is 0 Å². The maximum atomic E-state index is 12.3. The molecule has 122 valence electrons. The number of amides is 1. The van der Waals surface area contributed by atoms with Crippen LogP contribution in [0.1, 0.15) is 26.4 Å². The molecular weight excluding hydrogens is 310 g/mol. The van der Waals surface area contributed by atoms with E-state index in [9.17, 15) is 9.59 Å². The van der Waals surface area contributed by atoms with Gasteiger partial charge in [0.1, 0.15) is 0 Å². The van der Waals surface area contributed by atoms with Crippen molar-refractivity contribution in [2.45, 2.75) is 6.54 Å². The van der Waals surface area contributed by atoms with E-state index in [-0.39, 0.29) is 11.3 Å². The van der Waals surface area contributed by atoms with Gasteiger partial charge < -0.3 is 10.4 Å². The minimum atomic E-state index is -1.25. The normalized spacial score (nSPS) is 10.5. The van der Waals surface area contributed by atoms with Gasteiger partial charge in [-0.2, -0.15) is 10.2 Å². The molecule has 0 atom stereocenters.